The first kappa shape index (κ1) is 15.7. The Labute approximate surface area is 136 Å². The van der Waals surface area contributed by atoms with Crippen LogP contribution in [0.5, 0.6) is 0 Å². The molecule has 0 aliphatic carbocycles. The fourth-order valence-electron chi connectivity index (χ4n) is 1.99. The summed E-state index contributed by atoms with van der Waals surface area (Å²) >= 11 is 1.07. The molecule has 120 valence electrons. The number of nitrogens with zero attached hydrogens (tertiary/aromatic N) is 1. The Kier molecular flexibility index (Phi) is 3.95. The zero-order chi connectivity index (χ0) is 16.6. The zero-order valence-corrected chi connectivity index (χ0v) is 14.0. The normalized spacial score (nSPS) is 11.6. The lowest BCUT2D eigenvalue weighted by atomic mass is 10.2. The van der Waals surface area contributed by atoms with Crippen molar-refractivity contribution in [2.75, 3.05) is 4.72 Å². The first-order valence-electron chi connectivity index (χ1n) is 6.68. The molecule has 0 aliphatic heterocycles. The number of nitrogens with one attached hydrogen (secondary N) is 1. The van der Waals surface area contributed by atoms with Gasteiger partial charge in [0.05, 0.1) is 16.3 Å². The predicted octanol–water partition coefficient (Wildman–Crippen LogP) is 3.96. The molecule has 0 spiro atoms. The molecule has 2 aromatic heterocycles. The van der Waals surface area contributed by atoms with E-state index in [1.807, 2.05) is 13.8 Å². The van der Waals surface area contributed by atoms with Crippen molar-refractivity contribution >= 4 is 27.0 Å². The van der Waals surface area contributed by atoms with Gasteiger partial charge in [0.1, 0.15) is 10.0 Å². The van der Waals surface area contributed by atoms with E-state index in [2.05, 4.69) is 9.88 Å². The van der Waals surface area contributed by atoms with Crippen LogP contribution >= 0.6 is 11.3 Å². The summed E-state index contributed by atoms with van der Waals surface area (Å²) in [7, 11) is -3.78. The van der Waals surface area contributed by atoms with E-state index in [1.54, 1.807) is 6.07 Å². The number of sulfonamides is 1. The van der Waals surface area contributed by atoms with Crippen molar-refractivity contribution in [3.8, 4) is 10.6 Å². The Bertz CT molecular complexity index is 961. The zero-order valence-electron chi connectivity index (χ0n) is 12.3. The van der Waals surface area contributed by atoms with Crippen LogP contribution in [0.2, 0.25) is 0 Å². The lowest BCUT2D eigenvalue weighted by molar-refractivity contribution is 0.427. The molecule has 0 saturated carbocycles. The molecular weight excluding hydrogens is 339 g/mol. The molecule has 0 aliphatic rings. The summed E-state index contributed by atoms with van der Waals surface area (Å²) in [5, 5.41) is 3.87. The third-order valence-electron chi connectivity index (χ3n) is 3.30. The smallest absolute Gasteiger partial charge is 0.271 e. The molecular formula is C15H13FN2O3S2. The van der Waals surface area contributed by atoms with E-state index in [4.69, 9.17) is 4.52 Å². The van der Waals surface area contributed by atoms with Gasteiger partial charge in [0, 0.05) is 5.56 Å². The van der Waals surface area contributed by atoms with Crippen molar-refractivity contribution in [1.29, 1.82) is 0 Å². The average molecular weight is 352 g/mol. The maximum Gasteiger partial charge on any atom is 0.271 e. The number of rotatable bonds is 4. The third kappa shape index (κ3) is 3.13. The molecule has 0 atom stereocenters. The predicted molar refractivity (Wildman–Crippen MR) is 86.5 cm³/mol. The minimum absolute atomic E-state index is 0.116. The van der Waals surface area contributed by atoms with Crippen molar-refractivity contribution in [2.24, 2.45) is 0 Å². The topological polar surface area (TPSA) is 72.2 Å². The van der Waals surface area contributed by atoms with Gasteiger partial charge in [-0.1, -0.05) is 11.2 Å². The molecule has 0 fully saturated rings. The summed E-state index contributed by atoms with van der Waals surface area (Å²) < 4.78 is 45.6. The van der Waals surface area contributed by atoms with E-state index >= 15 is 0 Å². The van der Waals surface area contributed by atoms with Crippen molar-refractivity contribution in [3.63, 3.8) is 0 Å². The second-order valence-electron chi connectivity index (χ2n) is 4.96. The minimum Gasteiger partial charge on any atom is -0.355 e. The Morgan fingerprint density at radius 2 is 2.00 bits per heavy atom. The van der Waals surface area contributed by atoms with Crippen molar-refractivity contribution in [3.05, 3.63) is 53.5 Å². The van der Waals surface area contributed by atoms with Crippen LogP contribution in [0.4, 0.5) is 10.1 Å². The van der Waals surface area contributed by atoms with Crippen LogP contribution in [-0.4, -0.2) is 13.6 Å². The number of aryl methyl sites for hydroxylation is 1. The fourth-order valence-corrected chi connectivity index (χ4v) is 4.38. The summed E-state index contributed by atoms with van der Waals surface area (Å²) in [6, 6.07) is 8.44. The Morgan fingerprint density at radius 3 is 2.65 bits per heavy atom. The number of aromatic nitrogens is 1. The highest BCUT2D eigenvalue weighted by Gasteiger charge is 2.20. The number of anilines is 1. The van der Waals surface area contributed by atoms with Gasteiger partial charge in [-0.3, -0.25) is 4.72 Å². The highest BCUT2D eigenvalue weighted by atomic mass is 32.2. The van der Waals surface area contributed by atoms with E-state index in [9.17, 15) is 12.8 Å². The maximum atomic E-state index is 13.2. The second kappa shape index (κ2) is 5.78. The third-order valence-corrected chi connectivity index (χ3v) is 6.26. The first-order valence-corrected chi connectivity index (χ1v) is 8.98. The number of halogens is 1. The number of hydrogen-bond acceptors (Lipinski definition) is 5. The molecule has 0 unspecified atom stereocenters. The molecule has 0 amide bonds. The van der Waals surface area contributed by atoms with E-state index in [-0.39, 0.29) is 9.90 Å². The van der Waals surface area contributed by atoms with Gasteiger partial charge in [0.15, 0.2) is 5.76 Å². The van der Waals surface area contributed by atoms with Crippen LogP contribution in [0.15, 0.2) is 45.1 Å². The van der Waals surface area contributed by atoms with E-state index in [0.717, 1.165) is 28.7 Å². The molecule has 0 radical (unpaired) electrons. The molecule has 8 heteroatoms. The molecule has 0 saturated heterocycles. The SMILES string of the molecule is Cc1noc(-c2ccc(S(=O)(=O)Nc3cccc(F)c3)s2)c1C. The van der Waals surface area contributed by atoms with Crippen LogP contribution in [0.3, 0.4) is 0 Å². The minimum atomic E-state index is -3.78. The summed E-state index contributed by atoms with van der Waals surface area (Å²) in [5.41, 5.74) is 1.80. The van der Waals surface area contributed by atoms with Gasteiger partial charge in [-0.25, -0.2) is 12.8 Å². The number of benzene rings is 1. The molecule has 3 aromatic rings. The molecule has 5 nitrogen and oxygen atoms in total. The standard InChI is InChI=1S/C15H13FN2O3S2/c1-9-10(2)17-21-15(9)13-6-7-14(22-13)23(19,20)18-12-5-3-4-11(16)8-12/h3-8,18H,1-2H3. The van der Waals surface area contributed by atoms with Crippen molar-refractivity contribution in [1.82, 2.24) is 5.16 Å². The van der Waals surface area contributed by atoms with Gasteiger partial charge in [0.25, 0.3) is 10.0 Å². The highest BCUT2D eigenvalue weighted by Crippen LogP contribution is 2.34. The molecule has 3 rings (SSSR count). The number of thiophene rings is 1. The van der Waals surface area contributed by atoms with Crippen LogP contribution < -0.4 is 4.72 Å². The van der Waals surface area contributed by atoms with Gasteiger partial charge in [-0.05, 0) is 44.2 Å². The van der Waals surface area contributed by atoms with E-state index < -0.39 is 15.8 Å². The molecule has 1 aromatic carbocycles. The molecule has 23 heavy (non-hydrogen) atoms. The average Bonchev–Trinajstić information content (AvgIpc) is 3.07. The largest absolute Gasteiger partial charge is 0.355 e. The lowest BCUT2D eigenvalue weighted by Gasteiger charge is -2.05. The molecule has 1 N–H and O–H groups in total. The van der Waals surface area contributed by atoms with Crippen LogP contribution in [-0.2, 0) is 10.0 Å². The molecule has 2 heterocycles. The van der Waals surface area contributed by atoms with E-state index in [1.165, 1.54) is 24.3 Å². The van der Waals surface area contributed by atoms with Crippen LogP contribution in [0, 0.1) is 19.7 Å². The molecule has 0 bridgehead atoms. The summed E-state index contributed by atoms with van der Waals surface area (Å²) in [4.78, 5) is 0.669. The van der Waals surface area contributed by atoms with Crippen molar-refractivity contribution in [2.45, 2.75) is 18.1 Å². The first-order chi connectivity index (χ1) is 10.9. The number of hydrogen-bond donors (Lipinski definition) is 1. The maximum absolute atomic E-state index is 13.2. The quantitative estimate of drug-likeness (QED) is 0.771. The summed E-state index contributed by atoms with van der Waals surface area (Å²) in [5.74, 6) is 0.0459. The summed E-state index contributed by atoms with van der Waals surface area (Å²) in [6.45, 7) is 3.68. The van der Waals surface area contributed by atoms with Crippen LogP contribution in [0.1, 0.15) is 11.3 Å². The Balaban J connectivity index is 1.91. The Morgan fingerprint density at radius 1 is 1.22 bits per heavy atom. The van der Waals surface area contributed by atoms with Gasteiger partial charge < -0.3 is 4.52 Å². The summed E-state index contributed by atoms with van der Waals surface area (Å²) in [6.07, 6.45) is 0. The fraction of sp³-hybridized carbons (Fsp3) is 0.133. The van der Waals surface area contributed by atoms with Gasteiger partial charge >= 0.3 is 0 Å². The Hall–Kier alpha value is -2.19. The lowest BCUT2D eigenvalue weighted by Crippen LogP contribution is -2.11. The van der Waals surface area contributed by atoms with Crippen LogP contribution in [0.25, 0.3) is 10.6 Å². The van der Waals surface area contributed by atoms with Gasteiger partial charge in [-0.2, -0.15) is 0 Å². The monoisotopic (exact) mass is 352 g/mol. The van der Waals surface area contributed by atoms with Gasteiger partial charge in [0.2, 0.25) is 0 Å². The van der Waals surface area contributed by atoms with E-state index in [0.29, 0.717) is 10.6 Å². The highest BCUT2D eigenvalue weighted by molar-refractivity contribution is 7.94. The van der Waals surface area contributed by atoms with Gasteiger partial charge in [-0.15, -0.1) is 11.3 Å². The van der Waals surface area contributed by atoms with Crippen molar-refractivity contribution < 1.29 is 17.3 Å². The second-order valence-corrected chi connectivity index (χ2v) is 7.95.